The summed E-state index contributed by atoms with van der Waals surface area (Å²) in [5, 5.41) is 0. The van der Waals surface area contributed by atoms with Gasteiger partial charge in [-0.25, -0.2) is 0 Å². The van der Waals surface area contributed by atoms with E-state index in [0.717, 1.165) is 25.9 Å². The zero-order valence-electron chi connectivity index (χ0n) is 10.4. The van der Waals surface area contributed by atoms with Crippen LogP contribution in [-0.4, -0.2) is 43.7 Å². The largest absolute Gasteiger partial charge is 0.376 e. The van der Waals surface area contributed by atoms with Crippen molar-refractivity contribution in [1.29, 1.82) is 0 Å². The monoisotopic (exact) mass is 228 g/mol. The molecule has 0 spiro atoms. The van der Waals surface area contributed by atoms with Gasteiger partial charge in [-0.3, -0.25) is 4.79 Å². The Morgan fingerprint density at radius 3 is 2.81 bits per heavy atom. The minimum Gasteiger partial charge on any atom is -0.376 e. The highest BCUT2D eigenvalue weighted by Gasteiger charge is 2.22. The van der Waals surface area contributed by atoms with Gasteiger partial charge in [-0.15, -0.1) is 0 Å². The number of nitrogens with zero attached hydrogens (tertiary/aromatic N) is 1. The van der Waals surface area contributed by atoms with Crippen molar-refractivity contribution in [2.24, 2.45) is 11.7 Å². The maximum atomic E-state index is 12.0. The summed E-state index contributed by atoms with van der Waals surface area (Å²) in [4.78, 5) is 13.7. The van der Waals surface area contributed by atoms with E-state index in [0.29, 0.717) is 13.1 Å². The van der Waals surface area contributed by atoms with Gasteiger partial charge < -0.3 is 15.4 Å². The Morgan fingerprint density at radius 1 is 1.56 bits per heavy atom. The zero-order valence-corrected chi connectivity index (χ0v) is 10.4. The van der Waals surface area contributed by atoms with Crippen molar-refractivity contribution < 1.29 is 9.53 Å². The molecular weight excluding hydrogens is 204 g/mol. The van der Waals surface area contributed by atoms with Crippen LogP contribution in [0.1, 0.15) is 32.6 Å². The number of carbonyl (C=O) groups is 1. The van der Waals surface area contributed by atoms with Crippen LogP contribution < -0.4 is 5.73 Å². The third kappa shape index (κ3) is 3.76. The molecule has 1 aliphatic heterocycles. The second kappa shape index (κ2) is 6.86. The van der Waals surface area contributed by atoms with E-state index in [1.807, 2.05) is 14.0 Å². The Bertz CT molecular complexity index is 211. The first kappa shape index (κ1) is 13.5. The van der Waals surface area contributed by atoms with E-state index in [1.54, 1.807) is 4.90 Å². The molecule has 0 radical (unpaired) electrons. The maximum Gasteiger partial charge on any atom is 0.226 e. The van der Waals surface area contributed by atoms with Gasteiger partial charge in [0.15, 0.2) is 0 Å². The number of hydrogen-bond acceptors (Lipinski definition) is 3. The predicted octanol–water partition coefficient (Wildman–Crippen LogP) is 0.999. The summed E-state index contributed by atoms with van der Waals surface area (Å²) in [6.07, 6.45) is 4.45. The Kier molecular flexibility index (Phi) is 5.77. The van der Waals surface area contributed by atoms with Gasteiger partial charge in [0.25, 0.3) is 0 Å². The number of amides is 1. The Balaban J connectivity index is 2.37. The minimum absolute atomic E-state index is 0.0337. The molecule has 2 unspecified atom stereocenters. The summed E-state index contributed by atoms with van der Waals surface area (Å²) in [6.45, 7) is 3.97. The highest BCUT2D eigenvalue weighted by Crippen LogP contribution is 2.14. The quantitative estimate of drug-likeness (QED) is 0.763. The van der Waals surface area contributed by atoms with Crippen LogP contribution in [0.15, 0.2) is 0 Å². The van der Waals surface area contributed by atoms with Crippen molar-refractivity contribution in [1.82, 2.24) is 4.90 Å². The van der Waals surface area contributed by atoms with Gasteiger partial charge in [0.05, 0.1) is 12.0 Å². The SMILES string of the molecule is CCC(CN)C(=O)N(C)CC1CCCCO1. The molecule has 0 aliphatic carbocycles. The smallest absolute Gasteiger partial charge is 0.226 e. The molecule has 0 aromatic heterocycles. The molecule has 1 fully saturated rings. The molecule has 1 rings (SSSR count). The van der Waals surface area contributed by atoms with Gasteiger partial charge in [-0.05, 0) is 25.7 Å². The van der Waals surface area contributed by atoms with Gasteiger partial charge in [0.1, 0.15) is 0 Å². The first-order chi connectivity index (χ1) is 7.69. The van der Waals surface area contributed by atoms with Crippen molar-refractivity contribution in [2.75, 3.05) is 26.7 Å². The number of carbonyl (C=O) groups excluding carboxylic acids is 1. The Morgan fingerprint density at radius 2 is 2.31 bits per heavy atom. The first-order valence-electron chi connectivity index (χ1n) is 6.25. The normalized spacial score (nSPS) is 22.8. The molecule has 2 atom stereocenters. The molecule has 0 bridgehead atoms. The lowest BCUT2D eigenvalue weighted by molar-refractivity contribution is -0.136. The fourth-order valence-electron chi connectivity index (χ4n) is 2.10. The number of nitrogens with two attached hydrogens (primary N) is 1. The van der Waals surface area contributed by atoms with Gasteiger partial charge in [0, 0.05) is 26.7 Å². The topological polar surface area (TPSA) is 55.6 Å². The summed E-state index contributed by atoms with van der Waals surface area (Å²) in [5.41, 5.74) is 5.58. The highest BCUT2D eigenvalue weighted by molar-refractivity contribution is 5.78. The molecule has 16 heavy (non-hydrogen) atoms. The molecule has 1 amide bonds. The number of ether oxygens (including phenoxy) is 1. The fraction of sp³-hybridized carbons (Fsp3) is 0.917. The van der Waals surface area contributed by atoms with Crippen LogP contribution in [0, 0.1) is 5.92 Å². The average molecular weight is 228 g/mol. The van der Waals surface area contributed by atoms with E-state index in [-0.39, 0.29) is 17.9 Å². The second-order valence-electron chi connectivity index (χ2n) is 4.55. The zero-order chi connectivity index (χ0) is 12.0. The lowest BCUT2D eigenvalue weighted by Crippen LogP contribution is -2.41. The molecule has 0 saturated carbocycles. The number of hydrogen-bond donors (Lipinski definition) is 1. The van der Waals surface area contributed by atoms with Gasteiger partial charge in [0.2, 0.25) is 5.91 Å². The third-order valence-electron chi connectivity index (χ3n) is 3.25. The summed E-state index contributed by atoms with van der Waals surface area (Å²) in [5.74, 6) is 0.118. The highest BCUT2D eigenvalue weighted by atomic mass is 16.5. The average Bonchev–Trinajstić information content (AvgIpc) is 2.31. The molecule has 0 aromatic rings. The molecule has 1 aliphatic rings. The molecule has 0 aromatic carbocycles. The van der Waals surface area contributed by atoms with Gasteiger partial charge in [-0.2, -0.15) is 0 Å². The van der Waals surface area contributed by atoms with Gasteiger partial charge >= 0.3 is 0 Å². The first-order valence-corrected chi connectivity index (χ1v) is 6.25. The van der Waals surface area contributed by atoms with Crippen LogP contribution in [0.4, 0.5) is 0 Å². The van der Waals surface area contributed by atoms with E-state index in [4.69, 9.17) is 10.5 Å². The van der Waals surface area contributed by atoms with Crippen LogP contribution >= 0.6 is 0 Å². The maximum absolute atomic E-state index is 12.0. The van der Waals surface area contributed by atoms with Crippen LogP contribution in [0.5, 0.6) is 0 Å². The van der Waals surface area contributed by atoms with Crippen LogP contribution in [0.25, 0.3) is 0 Å². The van der Waals surface area contributed by atoms with E-state index >= 15 is 0 Å². The standard InChI is InChI=1S/C12H24N2O2/c1-3-10(8-13)12(15)14(2)9-11-6-4-5-7-16-11/h10-11H,3-9,13H2,1-2H3. The predicted molar refractivity (Wildman–Crippen MR) is 64.1 cm³/mol. The van der Waals surface area contributed by atoms with Crippen molar-refractivity contribution in [3.63, 3.8) is 0 Å². The molecule has 4 heteroatoms. The van der Waals surface area contributed by atoms with E-state index in [1.165, 1.54) is 6.42 Å². The van der Waals surface area contributed by atoms with E-state index in [2.05, 4.69) is 0 Å². The Hall–Kier alpha value is -0.610. The molecule has 2 N–H and O–H groups in total. The van der Waals surface area contributed by atoms with Gasteiger partial charge in [-0.1, -0.05) is 6.92 Å². The summed E-state index contributed by atoms with van der Waals surface area (Å²) in [6, 6.07) is 0. The lowest BCUT2D eigenvalue weighted by Gasteiger charge is -2.29. The molecule has 4 nitrogen and oxygen atoms in total. The number of rotatable bonds is 5. The molecule has 1 heterocycles. The molecule has 1 saturated heterocycles. The van der Waals surface area contributed by atoms with Crippen LogP contribution in [0.2, 0.25) is 0 Å². The third-order valence-corrected chi connectivity index (χ3v) is 3.25. The van der Waals surface area contributed by atoms with Crippen LogP contribution in [0.3, 0.4) is 0 Å². The Labute approximate surface area is 98.1 Å². The van der Waals surface area contributed by atoms with Crippen molar-refractivity contribution >= 4 is 5.91 Å². The number of likely N-dealkylation sites (N-methyl/N-ethyl adjacent to an activating group) is 1. The van der Waals surface area contributed by atoms with Crippen LogP contribution in [-0.2, 0) is 9.53 Å². The minimum atomic E-state index is -0.0337. The molecular formula is C12H24N2O2. The fourth-order valence-corrected chi connectivity index (χ4v) is 2.10. The van der Waals surface area contributed by atoms with E-state index in [9.17, 15) is 4.79 Å². The van der Waals surface area contributed by atoms with Crippen molar-refractivity contribution in [2.45, 2.75) is 38.7 Å². The summed E-state index contributed by atoms with van der Waals surface area (Å²) in [7, 11) is 1.85. The van der Waals surface area contributed by atoms with Crippen molar-refractivity contribution in [3.05, 3.63) is 0 Å². The summed E-state index contributed by atoms with van der Waals surface area (Å²) >= 11 is 0. The van der Waals surface area contributed by atoms with E-state index < -0.39 is 0 Å². The summed E-state index contributed by atoms with van der Waals surface area (Å²) < 4.78 is 5.62. The lowest BCUT2D eigenvalue weighted by atomic mass is 10.0. The van der Waals surface area contributed by atoms with Crippen molar-refractivity contribution in [3.8, 4) is 0 Å². The second-order valence-corrected chi connectivity index (χ2v) is 4.55. The molecule has 94 valence electrons.